The molecule has 1 rings (SSSR count). The van der Waals surface area contributed by atoms with E-state index in [-0.39, 0.29) is 5.91 Å². The highest BCUT2D eigenvalue weighted by Gasteiger charge is 2.28. The van der Waals surface area contributed by atoms with Crippen LogP contribution in [0.2, 0.25) is 0 Å². The molecular weight excluding hydrogens is 180 g/mol. The number of nitrogens with two attached hydrogens (primary N) is 1. The zero-order chi connectivity index (χ0) is 10.4. The van der Waals surface area contributed by atoms with E-state index >= 15 is 0 Å². The van der Waals surface area contributed by atoms with Gasteiger partial charge < -0.3 is 15.8 Å². The lowest BCUT2D eigenvalue weighted by Gasteiger charge is -2.34. The first-order valence-corrected chi connectivity index (χ1v) is 5.28. The Hall–Kier alpha value is -0.610. The molecule has 1 saturated carbocycles. The number of nitrogens with one attached hydrogen (secondary N) is 1. The molecule has 0 saturated heterocycles. The van der Waals surface area contributed by atoms with Gasteiger partial charge in [-0.2, -0.15) is 0 Å². The van der Waals surface area contributed by atoms with Gasteiger partial charge in [0.15, 0.2) is 0 Å². The lowest BCUT2D eigenvalue weighted by molar-refractivity contribution is -0.121. The van der Waals surface area contributed by atoms with E-state index in [0.717, 1.165) is 25.8 Å². The first-order chi connectivity index (χ1) is 6.76. The van der Waals surface area contributed by atoms with E-state index in [1.165, 1.54) is 0 Å². The number of rotatable bonds is 6. The Kier molecular flexibility index (Phi) is 4.90. The number of carbonyl (C=O) groups excluding carboxylic acids is 1. The number of carbonyl (C=O) groups is 1. The van der Waals surface area contributed by atoms with Crippen molar-refractivity contribution < 1.29 is 9.53 Å². The molecular formula is C10H20N2O2. The van der Waals surface area contributed by atoms with Crippen molar-refractivity contribution >= 4 is 5.91 Å². The summed E-state index contributed by atoms with van der Waals surface area (Å²) in [4.78, 5) is 10.9. The summed E-state index contributed by atoms with van der Waals surface area (Å²) < 4.78 is 5.57. The van der Waals surface area contributed by atoms with Crippen molar-refractivity contribution in [1.29, 1.82) is 0 Å². The number of ether oxygens (including phenoxy) is 1. The van der Waals surface area contributed by atoms with Gasteiger partial charge in [0.25, 0.3) is 0 Å². The fraction of sp³-hybridized carbons (Fsp3) is 0.900. The summed E-state index contributed by atoms with van der Waals surface area (Å²) in [5, 5.41) is 2.59. The van der Waals surface area contributed by atoms with Gasteiger partial charge in [-0.15, -0.1) is 0 Å². The molecule has 1 aliphatic rings. The maximum atomic E-state index is 10.9. The predicted octanol–water partition coefficient (Wildman–Crippen LogP) is 0.267. The average molecular weight is 200 g/mol. The first-order valence-electron chi connectivity index (χ1n) is 5.28. The Morgan fingerprint density at radius 3 is 2.86 bits per heavy atom. The van der Waals surface area contributed by atoms with Crippen molar-refractivity contribution in [2.24, 2.45) is 11.7 Å². The summed E-state index contributed by atoms with van der Waals surface area (Å²) in [5.74, 6) is 0.751. The minimum absolute atomic E-state index is 0.0852. The summed E-state index contributed by atoms with van der Waals surface area (Å²) >= 11 is 0. The fourth-order valence-electron chi connectivity index (χ4n) is 1.61. The van der Waals surface area contributed by atoms with Gasteiger partial charge in [-0.1, -0.05) is 0 Å². The van der Waals surface area contributed by atoms with Gasteiger partial charge in [0.2, 0.25) is 5.91 Å². The summed E-state index contributed by atoms with van der Waals surface area (Å²) in [6.45, 7) is 1.47. The Balaban J connectivity index is 1.88. The Bertz CT molecular complexity index is 179. The molecule has 0 spiro atoms. The smallest absolute Gasteiger partial charge is 0.219 e. The molecule has 0 unspecified atom stereocenters. The molecule has 0 aromatic heterocycles. The third-order valence-corrected chi connectivity index (χ3v) is 2.71. The van der Waals surface area contributed by atoms with Crippen molar-refractivity contribution in [3.63, 3.8) is 0 Å². The molecule has 0 radical (unpaired) electrons. The quantitative estimate of drug-likeness (QED) is 0.605. The van der Waals surface area contributed by atoms with Crippen LogP contribution in [0.5, 0.6) is 0 Å². The van der Waals surface area contributed by atoms with E-state index in [1.54, 1.807) is 7.05 Å². The minimum atomic E-state index is 0.0852. The van der Waals surface area contributed by atoms with E-state index in [2.05, 4.69) is 5.32 Å². The van der Waals surface area contributed by atoms with Crippen molar-refractivity contribution in [2.45, 2.75) is 31.8 Å². The van der Waals surface area contributed by atoms with Crippen molar-refractivity contribution in [3.8, 4) is 0 Å². The van der Waals surface area contributed by atoms with E-state index in [0.29, 0.717) is 25.0 Å². The fourth-order valence-corrected chi connectivity index (χ4v) is 1.61. The number of hydrogen-bond donors (Lipinski definition) is 2. The van der Waals surface area contributed by atoms with Gasteiger partial charge in [0.05, 0.1) is 6.10 Å². The minimum Gasteiger partial charge on any atom is -0.378 e. The van der Waals surface area contributed by atoms with Crippen molar-refractivity contribution in [3.05, 3.63) is 0 Å². The van der Waals surface area contributed by atoms with E-state index in [4.69, 9.17) is 10.5 Å². The molecule has 0 aromatic rings. The largest absolute Gasteiger partial charge is 0.378 e. The van der Waals surface area contributed by atoms with Crippen LogP contribution in [0.3, 0.4) is 0 Å². The van der Waals surface area contributed by atoms with Crippen LogP contribution in [-0.2, 0) is 9.53 Å². The van der Waals surface area contributed by atoms with Crippen LogP contribution in [0.4, 0.5) is 0 Å². The van der Waals surface area contributed by atoms with Gasteiger partial charge >= 0.3 is 0 Å². The van der Waals surface area contributed by atoms with E-state index in [1.807, 2.05) is 0 Å². The second kappa shape index (κ2) is 5.98. The second-order valence-electron chi connectivity index (χ2n) is 3.84. The lowest BCUT2D eigenvalue weighted by Crippen LogP contribution is -2.36. The van der Waals surface area contributed by atoms with Crippen LogP contribution >= 0.6 is 0 Å². The number of hydrogen-bond acceptors (Lipinski definition) is 3. The van der Waals surface area contributed by atoms with Gasteiger partial charge in [-0.25, -0.2) is 0 Å². The highest BCUT2D eigenvalue weighted by molar-refractivity contribution is 5.75. The molecule has 14 heavy (non-hydrogen) atoms. The molecule has 3 N–H and O–H groups in total. The van der Waals surface area contributed by atoms with E-state index in [9.17, 15) is 4.79 Å². The molecule has 82 valence electrons. The zero-order valence-corrected chi connectivity index (χ0v) is 8.79. The molecule has 0 aromatic carbocycles. The maximum Gasteiger partial charge on any atom is 0.219 e. The lowest BCUT2D eigenvalue weighted by atomic mass is 9.82. The summed E-state index contributed by atoms with van der Waals surface area (Å²) in [7, 11) is 1.65. The highest BCUT2D eigenvalue weighted by atomic mass is 16.5. The standard InChI is InChI=1S/C10H20N2O2/c1-12-10(13)3-2-4-14-9-5-8(6-9)7-11/h8-9H,2-7,11H2,1H3,(H,12,13). The SMILES string of the molecule is CNC(=O)CCCOC1CC(CN)C1. The summed E-state index contributed by atoms with van der Waals surface area (Å²) in [5.41, 5.74) is 5.50. The van der Waals surface area contributed by atoms with Gasteiger partial charge in [-0.05, 0) is 31.7 Å². The highest BCUT2D eigenvalue weighted by Crippen LogP contribution is 2.28. The Morgan fingerprint density at radius 2 is 2.29 bits per heavy atom. The zero-order valence-electron chi connectivity index (χ0n) is 8.79. The average Bonchev–Trinajstić information content (AvgIpc) is 2.14. The normalized spacial score (nSPS) is 25.6. The molecule has 0 aliphatic heterocycles. The molecule has 0 atom stereocenters. The predicted molar refractivity (Wildman–Crippen MR) is 54.8 cm³/mol. The molecule has 0 heterocycles. The molecule has 1 amide bonds. The summed E-state index contributed by atoms with van der Waals surface area (Å²) in [6.07, 6.45) is 3.95. The topological polar surface area (TPSA) is 64.3 Å². The van der Waals surface area contributed by atoms with Gasteiger partial charge in [-0.3, -0.25) is 4.79 Å². The van der Waals surface area contributed by atoms with Crippen LogP contribution in [0.15, 0.2) is 0 Å². The van der Waals surface area contributed by atoms with Crippen LogP contribution in [0.25, 0.3) is 0 Å². The van der Waals surface area contributed by atoms with Crippen molar-refractivity contribution in [1.82, 2.24) is 5.32 Å². The molecule has 4 nitrogen and oxygen atoms in total. The molecule has 1 fully saturated rings. The first kappa shape index (κ1) is 11.5. The molecule has 4 heteroatoms. The Morgan fingerprint density at radius 1 is 1.57 bits per heavy atom. The second-order valence-corrected chi connectivity index (χ2v) is 3.84. The van der Waals surface area contributed by atoms with Crippen molar-refractivity contribution in [2.75, 3.05) is 20.2 Å². The third kappa shape index (κ3) is 3.64. The van der Waals surface area contributed by atoms with Gasteiger partial charge in [0.1, 0.15) is 0 Å². The summed E-state index contributed by atoms with van der Waals surface area (Å²) in [6, 6.07) is 0. The molecule has 0 bridgehead atoms. The molecule has 1 aliphatic carbocycles. The van der Waals surface area contributed by atoms with Gasteiger partial charge in [0, 0.05) is 20.1 Å². The third-order valence-electron chi connectivity index (χ3n) is 2.71. The van der Waals surface area contributed by atoms with E-state index < -0.39 is 0 Å². The van der Waals surface area contributed by atoms with Crippen LogP contribution in [0, 0.1) is 5.92 Å². The Labute approximate surface area is 85.2 Å². The van der Waals surface area contributed by atoms with Crippen LogP contribution < -0.4 is 11.1 Å². The van der Waals surface area contributed by atoms with Crippen LogP contribution in [0.1, 0.15) is 25.7 Å². The number of amides is 1. The monoisotopic (exact) mass is 200 g/mol. The van der Waals surface area contributed by atoms with Crippen LogP contribution in [-0.4, -0.2) is 32.2 Å². The maximum absolute atomic E-state index is 10.9.